The largest absolute Gasteiger partial charge is 0.476 e. The van der Waals surface area contributed by atoms with Crippen molar-refractivity contribution in [1.29, 1.82) is 0 Å². The van der Waals surface area contributed by atoms with Crippen LogP contribution in [0.5, 0.6) is 5.75 Å². The lowest BCUT2D eigenvalue weighted by Crippen LogP contribution is -2.48. The molecule has 2 N–H and O–H groups in total. The molecule has 31 heavy (non-hydrogen) atoms. The van der Waals surface area contributed by atoms with Crippen LogP contribution < -0.4 is 19.7 Å². The number of para-hydroxylation sites is 1. The topological polar surface area (TPSA) is 114 Å². The molecule has 0 bridgehead atoms. The van der Waals surface area contributed by atoms with Crippen molar-refractivity contribution in [2.75, 3.05) is 42.7 Å². The molecule has 1 heterocycles. The molecule has 0 saturated heterocycles. The molecule has 0 unspecified atom stereocenters. The third-order valence-electron chi connectivity index (χ3n) is 4.50. The van der Waals surface area contributed by atoms with Crippen molar-refractivity contribution in [3.8, 4) is 5.75 Å². The second kappa shape index (κ2) is 9.54. The monoisotopic (exact) mass is 467 g/mol. The molecule has 166 valence electrons. The lowest BCUT2D eigenvalue weighted by Gasteiger charge is -2.34. The minimum Gasteiger partial charge on any atom is -0.476 e. The molecule has 0 spiro atoms. The van der Waals surface area contributed by atoms with E-state index in [1.54, 1.807) is 30.3 Å². The zero-order chi connectivity index (χ0) is 22.6. The molecule has 0 saturated carbocycles. The maximum absolute atomic E-state index is 12.9. The van der Waals surface area contributed by atoms with Gasteiger partial charge >= 0.3 is 0 Å². The van der Waals surface area contributed by atoms with Crippen molar-refractivity contribution >= 4 is 44.8 Å². The summed E-state index contributed by atoms with van der Waals surface area (Å²) in [6, 6.07) is 11.0. The minimum absolute atomic E-state index is 0.215. The third kappa shape index (κ3) is 5.46. The number of benzene rings is 2. The Kier molecular flexibility index (Phi) is 7.04. The number of rotatable bonds is 7. The Morgan fingerprint density at radius 2 is 2.00 bits per heavy atom. The number of methoxy groups -OCH3 is 1. The molecule has 2 aromatic carbocycles. The Morgan fingerprint density at radius 1 is 1.26 bits per heavy atom. The molecular weight excluding hydrogens is 446 g/mol. The Hall–Kier alpha value is -2.82. The van der Waals surface area contributed by atoms with Crippen LogP contribution in [0.25, 0.3) is 0 Å². The van der Waals surface area contributed by atoms with Gasteiger partial charge in [0.2, 0.25) is 10.0 Å². The van der Waals surface area contributed by atoms with E-state index in [-0.39, 0.29) is 35.1 Å². The number of carbonyl (C=O) groups is 2. The predicted molar refractivity (Wildman–Crippen MR) is 117 cm³/mol. The molecule has 0 aromatic heterocycles. The second-order valence-corrected chi connectivity index (χ2v) is 9.14. The van der Waals surface area contributed by atoms with E-state index < -0.39 is 22.0 Å². The van der Waals surface area contributed by atoms with Crippen LogP contribution in [-0.4, -0.2) is 59.4 Å². The Labute approximate surface area is 185 Å². The number of hydrogen-bond acceptors (Lipinski definition) is 6. The van der Waals surface area contributed by atoms with Crippen LogP contribution in [-0.2, 0) is 19.6 Å². The van der Waals surface area contributed by atoms with E-state index in [1.807, 2.05) is 0 Å². The van der Waals surface area contributed by atoms with E-state index in [2.05, 4.69) is 10.6 Å². The lowest BCUT2D eigenvalue weighted by atomic mass is 10.1. The fraction of sp³-hybridized carbons (Fsp3) is 0.300. The molecule has 0 aliphatic carbocycles. The molecule has 1 atom stereocenters. The van der Waals surface area contributed by atoms with Crippen LogP contribution in [0.1, 0.15) is 10.4 Å². The average molecular weight is 468 g/mol. The van der Waals surface area contributed by atoms with Crippen LogP contribution in [0.15, 0.2) is 42.5 Å². The molecule has 2 aromatic rings. The summed E-state index contributed by atoms with van der Waals surface area (Å²) in [5, 5.41) is 5.69. The highest BCUT2D eigenvalue weighted by Gasteiger charge is 2.35. The number of fused-ring (bicyclic) bond motifs is 1. The fourth-order valence-electron chi connectivity index (χ4n) is 3.04. The molecule has 1 aliphatic rings. The number of nitrogens with zero attached hydrogens (tertiary/aromatic N) is 1. The molecule has 9 nitrogen and oxygen atoms in total. The summed E-state index contributed by atoms with van der Waals surface area (Å²) in [6.07, 6.45) is -0.0922. The molecule has 0 radical (unpaired) electrons. The zero-order valence-corrected chi connectivity index (χ0v) is 18.5. The molecule has 0 fully saturated rings. The Morgan fingerprint density at radius 3 is 2.71 bits per heavy atom. The SMILES string of the molecule is COCCNC(=O)c1ccccc1NC(=O)[C@H]1CN(S(C)(=O)=O)c2cc(Cl)ccc2O1. The summed E-state index contributed by atoms with van der Waals surface area (Å²) in [6.45, 7) is 0.424. The maximum Gasteiger partial charge on any atom is 0.267 e. The summed E-state index contributed by atoms with van der Waals surface area (Å²) in [5.41, 5.74) is 0.797. The van der Waals surface area contributed by atoms with E-state index in [1.165, 1.54) is 19.2 Å². The lowest BCUT2D eigenvalue weighted by molar-refractivity contribution is -0.122. The Balaban J connectivity index is 1.82. The van der Waals surface area contributed by atoms with Gasteiger partial charge in [-0.2, -0.15) is 0 Å². The van der Waals surface area contributed by atoms with Crippen molar-refractivity contribution in [3.05, 3.63) is 53.1 Å². The first-order valence-corrected chi connectivity index (χ1v) is 11.5. The number of halogens is 1. The summed E-state index contributed by atoms with van der Waals surface area (Å²) < 4.78 is 36.3. The number of nitrogens with one attached hydrogen (secondary N) is 2. The van der Waals surface area contributed by atoms with E-state index in [4.69, 9.17) is 21.1 Å². The predicted octanol–water partition coefficient (Wildman–Crippen LogP) is 1.88. The first-order valence-electron chi connectivity index (χ1n) is 9.31. The summed E-state index contributed by atoms with van der Waals surface area (Å²) in [4.78, 5) is 25.3. The van der Waals surface area contributed by atoms with Crippen LogP contribution in [0.4, 0.5) is 11.4 Å². The van der Waals surface area contributed by atoms with Crippen LogP contribution in [0, 0.1) is 0 Å². The number of ether oxygens (including phenoxy) is 2. The van der Waals surface area contributed by atoms with E-state index in [9.17, 15) is 18.0 Å². The molecule has 2 amide bonds. The smallest absolute Gasteiger partial charge is 0.267 e. The molecule has 11 heteroatoms. The van der Waals surface area contributed by atoms with Gasteiger partial charge in [0.15, 0.2) is 6.10 Å². The van der Waals surface area contributed by atoms with Gasteiger partial charge < -0.3 is 20.1 Å². The Bertz CT molecular complexity index is 1090. The number of anilines is 2. The quantitative estimate of drug-likeness (QED) is 0.601. The van der Waals surface area contributed by atoms with Crippen molar-refractivity contribution in [2.45, 2.75) is 6.10 Å². The normalized spacial score (nSPS) is 15.6. The first kappa shape index (κ1) is 22.9. The molecular formula is C20H22ClN3O6S. The first-order chi connectivity index (χ1) is 14.7. The van der Waals surface area contributed by atoms with Crippen molar-refractivity contribution in [2.24, 2.45) is 0 Å². The van der Waals surface area contributed by atoms with Gasteiger partial charge in [-0.1, -0.05) is 23.7 Å². The van der Waals surface area contributed by atoms with Gasteiger partial charge in [0.05, 0.1) is 36.3 Å². The van der Waals surface area contributed by atoms with Gasteiger partial charge in [-0.05, 0) is 30.3 Å². The third-order valence-corrected chi connectivity index (χ3v) is 5.89. The van der Waals surface area contributed by atoms with Crippen molar-refractivity contribution < 1.29 is 27.5 Å². The summed E-state index contributed by atoms with van der Waals surface area (Å²) in [7, 11) is -2.17. The van der Waals surface area contributed by atoms with Gasteiger partial charge in [0.1, 0.15) is 5.75 Å². The van der Waals surface area contributed by atoms with Crippen LogP contribution >= 0.6 is 11.6 Å². The standard InChI is InChI=1S/C20H22ClN3O6S/c1-29-10-9-22-19(25)14-5-3-4-6-15(14)23-20(26)18-12-24(31(2,27)28)16-11-13(21)7-8-17(16)30-18/h3-8,11,18H,9-10,12H2,1-2H3,(H,22,25)(H,23,26)/t18-/m1/s1. The van der Waals surface area contributed by atoms with E-state index in [0.717, 1.165) is 10.6 Å². The van der Waals surface area contributed by atoms with E-state index >= 15 is 0 Å². The van der Waals surface area contributed by atoms with E-state index in [0.29, 0.717) is 18.2 Å². The average Bonchev–Trinajstić information content (AvgIpc) is 2.72. The highest BCUT2D eigenvalue weighted by Crippen LogP contribution is 2.37. The van der Waals surface area contributed by atoms with Crippen molar-refractivity contribution in [1.82, 2.24) is 5.32 Å². The number of sulfonamides is 1. The zero-order valence-electron chi connectivity index (χ0n) is 16.9. The summed E-state index contributed by atoms with van der Waals surface area (Å²) >= 11 is 5.99. The number of amides is 2. The van der Waals surface area contributed by atoms with Gasteiger partial charge in [-0.15, -0.1) is 0 Å². The molecule has 3 rings (SSSR count). The van der Waals surface area contributed by atoms with Crippen LogP contribution in [0.2, 0.25) is 5.02 Å². The van der Waals surface area contributed by atoms with Crippen molar-refractivity contribution in [3.63, 3.8) is 0 Å². The highest BCUT2D eigenvalue weighted by molar-refractivity contribution is 7.92. The number of carbonyl (C=O) groups excluding carboxylic acids is 2. The van der Waals surface area contributed by atoms with Gasteiger partial charge in [0.25, 0.3) is 11.8 Å². The summed E-state index contributed by atoms with van der Waals surface area (Å²) in [5.74, 6) is -0.756. The molecule has 1 aliphatic heterocycles. The van der Waals surface area contributed by atoms with Crippen LogP contribution in [0.3, 0.4) is 0 Å². The maximum atomic E-state index is 12.9. The van der Waals surface area contributed by atoms with Gasteiger partial charge in [0, 0.05) is 18.7 Å². The van der Waals surface area contributed by atoms with Gasteiger partial charge in [-0.25, -0.2) is 8.42 Å². The fourth-order valence-corrected chi connectivity index (χ4v) is 4.11. The number of hydrogen-bond donors (Lipinski definition) is 2. The van der Waals surface area contributed by atoms with Gasteiger partial charge in [-0.3, -0.25) is 13.9 Å². The highest BCUT2D eigenvalue weighted by atomic mass is 35.5. The minimum atomic E-state index is -3.69. The second-order valence-electron chi connectivity index (χ2n) is 6.80.